The number of hydrogen-bond acceptors (Lipinski definition) is 9. The molecule has 8 nitrogen and oxygen atoms in total. The molecule has 1 atom stereocenters. The van der Waals surface area contributed by atoms with Crippen molar-refractivity contribution in [3.05, 3.63) is 53.6 Å². The Bertz CT molecular complexity index is 1070. The van der Waals surface area contributed by atoms with E-state index in [-0.39, 0.29) is 6.04 Å². The van der Waals surface area contributed by atoms with Gasteiger partial charge >= 0.3 is 0 Å². The summed E-state index contributed by atoms with van der Waals surface area (Å²) in [6, 6.07) is 6.83. The molecule has 1 fully saturated rings. The minimum atomic E-state index is 0.152. The fraction of sp³-hybridized carbons (Fsp3) is 0.409. The molecule has 0 bridgehead atoms. The van der Waals surface area contributed by atoms with Crippen molar-refractivity contribution in [2.75, 3.05) is 35.7 Å². The van der Waals surface area contributed by atoms with Crippen LogP contribution in [0.3, 0.4) is 0 Å². The van der Waals surface area contributed by atoms with Crippen LogP contribution >= 0.6 is 11.9 Å². The second-order valence-electron chi connectivity index (χ2n) is 8.07. The van der Waals surface area contributed by atoms with E-state index in [1.165, 1.54) is 5.56 Å². The summed E-state index contributed by atoms with van der Waals surface area (Å²) < 4.78 is 3.42. The maximum absolute atomic E-state index is 5.02. The molecule has 1 N–H and O–H groups in total. The van der Waals surface area contributed by atoms with Crippen molar-refractivity contribution in [1.82, 2.24) is 29.6 Å². The van der Waals surface area contributed by atoms with Crippen LogP contribution in [-0.2, 0) is 6.42 Å². The van der Waals surface area contributed by atoms with E-state index in [1.54, 1.807) is 30.4 Å². The highest BCUT2D eigenvalue weighted by Crippen LogP contribution is 2.34. The molecule has 3 aromatic heterocycles. The molecule has 2 aliphatic heterocycles. The number of nitrogens with one attached hydrogen (secondary N) is 1. The number of aryl methyl sites for hydroxylation is 1. The maximum atomic E-state index is 5.02. The van der Waals surface area contributed by atoms with Gasteiger partial charge in [0, 0.05) is 50.2 Å². The van der Waals surface area contributed by atoms with E-state index in [4.69, 9.17) is 9.97 Å². The summed E-state index contributed by atoms with van der Waals surface area (Å²) in [6.07, 6.45) is 8.27. The normalized spacial score (nSPS) is 18.6. The highest BCUT2D eigenvalue weighted by atomic mass is 32.2. The fourth-order valence-electron chi connectivity index (χ4n) is 4.25. The average Bonchev–Trinajstić information content (AvgIpc) is 2.76. The number of nitrogens with zero attached hydrogens (tertiary/aromatic N) is 7. The maximum Gasteiger partial charge on any atom is 0.197 e. The summed E-state index contributed by atoms with van der Waals surface area (Å²) in [4.78, 5) is 27.6. The van der Waals surface area contributed by atoms with Gasteiger partial charge in [-0.3, -0.25) is 4.72 Å². The molecule has 0 saturated carbocycles. The van der Waals surface area contributed by atoms with Crippen molar-refractivity contribution in [3.8, 4) is 11.6 Å². The van der Waals surface area contributed by atoms with E-state index in [0.29, 0.717) is 17.7 Å². The van der Waals surface area contributed by atoms with Gasteiger partial charge in [-0.1, -0.05) is 11.9 Å². The highest BCUT2D eigenvalue weighted by Gasteiger charge is 2.30. The predicted octanol–water partition coefficient (Wildman–Crippen LogP) is 2.82. The van der Waals surface area contributed by atoms with E-state index in [9.17, 15) is 0 Å². The summed E-state index contributed by atoms with van der Waals surface area (Å²) >= 11 is 1.68. The van der Waals surface area contributed by atoms with Gasteiger partial charge in [-0.2, -0.15) is 0 Å². The second-order valence-corrected chi connectivity index (χ2v) is 8.72. The third-order valence-corrected chi connectivity index (χ3v) is 6.47. The molecule has 160 valence electrons. The molecule has 0 amide bonds. The Kier molecular flexibility index (Phi) is 5.45. The molecule has 5 heterocycles. The Balaban J connectivity index is 1.38. The monoisotopic (exact) mass is 434 g/mol. The summed E-state index contributed by atoms with van der Waals surface area (Å²) in [7, 11) is 0. The first-order valence-electron chi connectivity index (χ1n) is 10.5. The van der Waals surface area contributed by atoms with Gasteiger partial charge in [0.2, 0.25) is 0 Å². The van der Waals surface area contributed by atoms with Crippen LogP contribution in [0.5, 0.6) is 0 Å². The average molecular weight is 435 g/mol. The molecule has 0 spiro atoms. The van der Waals surface area contributed by atoms with Gasteiger partial charge in [-0.05, 0) is 43.9 Å². The van der Waals surface area contributed by atoms with Gasteiger partial charge in [0.1, 0.15) is 11.6 Å². The van der Waals surface area contributed by atoms with Gasteiger partial charge in [0.25, 0.3) is 0 Å². The SMILES string of the molecule is CSNC1CN(c2cc(C)cc(N3CCc4nc(-c5ncccn5)ncc4C3C)n2)C1. The molecule has 3 aromatic rings. The molecule has 0 radical (unpaired) electrons. The van der Waals surface area contributed by atoms with E-state index in [2.05, 4.69) is 61.7 Å². The van der Waals surface area contributed by atoms with E-state index in [0.717, 1.165) is 48.9 Å². The summed E-state index contributed by atoms with van der Waals surface area (Å²) in [5.74, 6) is 3.22. The van der Waals surface area contributed by atoms with Crippen LogP contribution in [0.1, 0.15) is 29.8 Å². The Morgan fingerprint density at radius 2 is 1.81 bits per heavy atom. The van der Waals surface area contributed by atoms with Crippen LogP contribution in [0, 0.1) is 6.92 Å². The largest absolute Gasteiger partial charge is 0.353 e. The van der Waals surface area contributed by atoms with Gasteiger partial charge in [-0.15, -0.1) is 0 Å². The van der Waals surface area contributed by atoms with Gasteiger partial charge in [0.05, 0.1) is 17.8 Å². The Morgan fingerprint density at radius 1 is 1.03 bits per heavy atom. The molecule has 0 aromatic carbocycles. The van der Waals surface area contributed by atoms with Crippen molar-refractivity contribution >= 4 is 23.6 Å². The van der Waals surface area contributed by atoms with Crippen molar-refractivity contribution < 1.29 is 0 Å². The fourth-order valence-corrected chi connectivity index (χ4v) is 4.73. The standard InChI is InChI=1S/C22H26N8S/c1-14-9-19(29-12-16(13-29)28-31-3)27-20(10-14)30-8-5-18-17(15(30)2)11-25-22(26-18)21-23-6-4-7-24-21/h4,6-7,9-11,15-16,28H,5,8,12-13H2,1-3H3. The lowest BCUT2D eigenvalue weighted by atomic mass is 9.99. The number of anilines is 2. The molecule has 1 saturated heterocycles. The zero-order valence-corrected chi connectivity index (χ0v) is 18.8. The zero-order chi connectivity index (χ0) is 21.4. The Morgan fingerprint density at radius 3 is 2.58 bits per heavy atom. The van der Waals surface area contributed by atoms with Gasteiger partial charge in [0.15, 0.2) is 11.6 Å². The third-order valence-electron chi connectivity index (χ3n) is 5.90. The lowest BCUT2D eigenvalue weighted by molar-refractivity contribution is 0.488. The smallest absolute Gasteiger partial charge is 0.197 e. The minimum Gasteiger partial charge on any atom is -0.353 e. The van der Waals surface area contributed by atoms with Gasteiger partial charge in [-0.25, -0.2) is 24.9 Å². The predicted molar refractivity (Wildman–Crippen MR) is 124 cm³/mol. The van der Waals surface area contributed by atoms with E-state index in [1.807, 2.05) is 6.20 Å². The minimum absolute atomic E-state index is 0.152. The van der Waals surface area contributed by atoms with Gasteiger partial charge < -0.3 is 9.80 Å². The highest BCUT2D eigenvalue weighted by molar-refractivity contribution is 7.96. The van der Waals surface area contributed by atoms with Crippen LogP contribution in [0.2, 0.25) is 0 Å². The van der Waals surface area contributed by atoms with Crippen molar-refractivity contribution in [2.24, 2.45) is 0 Å². The van der Waals surface area contributed by atoms with E-state index >= 15 is 0 Å². The molecule has 5 rings (SSSR count). The Labute approximate surface area is 186 Å². The molecular weight excluding hydrogens is 408 g/mol. The summed E-state index contributed by atoms with van der Waals surface area (Å²) in [6.45, 7) is 7.20. The molecule has 0 aliphatic carbocycles. The summed E-state index contributed by atoms with van der Waals surface area (Å²) in [5, 5.41) is 0. The van der Waals surface area contributed by atoms with Crippen LogP contribution in [-0.4, -0.2) is 56.9 Å². The molecule has 9 heteroatoms. The number of rotatable bonds is 5. The first-order valence-corrected chi connectivity index (χ1v) is 11.8. The van der Waals surface area contributed by atoms with Crippen LogP contribution < -0.4 is 14.5 Å². The number of pyridine rings is 1. The Hall–Kier alpha value is -2.78. The number of hydrogen-bond donors (Lipinski definition) is 1. The third kappa shape index (κ3) is 3.95. The summed E-state index contributed by atoms with van der Waals surface area (Å²) in [5.41, 5.74) is 3.44. The number of fused-ring (bicyclic) bond motifs is 1. The lowest BCUT2D eigenvalue weighted by Gasteiger charge is -2.41. The van der Waals surface area contributed by atoms with Crippen LogP contribution in [0.15, 0.2) is 36.8 Å². The number of aromatic nitrogens is 5. The molecule has 31 heavy (non-hydrogen) atoms. The van der Waals surface area contributed by atoms with Crippen LogP contribution in [0.4, 0.5) is 11.6 Å². The topological polar surface area (TPSA) is 83.0 Å². The lowest BCUT2D eigenvalue weighted by Crippen LogP contribution is -2.56. The van der Waals surface area contributed by atoms with E-state index < -0.39 is 0 Å². The molecular formula is C22H26N8S. The van der Waals surface area contributed by atoms with Crippen LogP contribution in [0.25, 0.3) is 11.6 Å². The quantitative estimate of drug-likeness (QED) is 0.610. The zero-order valence-electron chi connectivity index (χ0n) is 18.0. The van der Waals surface area contributed by atoms with Crippen molar-refractivity contribution in [1.29, 1.82) is 0 Å². The molecule has 1 unspecified atom stereocenters. The van der Waals surface area contributed by atoms with Crippen molar-refractivity contribution in [2.45, 2.75) is 32.4 Å². The molecule has 2 aliphatic rings. The first kappa shape index (κ1) is 20.1. The first-order chi connectivity index (χ1) is 15.1. The second kappa shape index (κ2) is 8.39. The van der Waals surface area contributed by atoms with Crippen molar-refractivity contribution in [3.63, 3.8) is 0 Å².